The summed E-state index contributed by atoms with van der Waals surface area (Å²) in [5.74, 6) is 0.126. The van der Waals surface area contributed by atoms with Gasteiger partial charge in [0.25, 0.3) is 0 Å². The normalized spacial score (nSPS) is 12.0. The molecule has 0 atom stereocenters. The number of para-hydroxylation sites is 1. The van der Waals surface area contributed by atoms with Crippen molar-refractivity contribution in [3.05, 3.63) is 59.4 Å². The molecular formula is C18H14F3N5. The summed E-state index contributed by atoms with van der Waals surface area (Å²) in [7, 11) is 0. The maximum Gasteiger partial charge on any atom is 0.417 e. The Morgan fingerprint density at radius 1 is 1.15 bits per heavy atom. The number of pyridine rings is 2. The number of benzene rings is 1. The Morgan fingerprint density at radius 3 is 2.77 bits per heavy atom. The van der Waals surface area contributed by atoms with Crippen LogP contribution in [0, 0.1) is 6.92 Å². The molecule has 0 amide bonds. The maximum atomic E-state index is 13.4. The molecule has 4 aromatic rings. The van der Waals surface area contributed by atoms with Crippen LogP contribution in [0.25, 0.3) is 21.9 Å². The van der Waals surface area contributed by atoms with Gasteiger partial charge in [-0.25, -0.2) is 4.98 Å². The molecule has 1 aromatic carbocycles. The van der Waals surface area contributed by atoms with E-state index < -0.39 is 11.7 Å². The first-order valence-corrected chi connectivity index (χ1v) is 7.93. The number of H-pyrrole nitrogens is 1. The van der Waals surface area contributed by atoms with E-state index in [9.17, 15) is 13.2 Å². The third-order valence-electron chi connectivity index (χ3n) is 4.15. The zero-order valence-electron chi connectivity index (χ0n) is 13.7. The maximum absolute atomic E-state index is 13.4. The quantitative estimate of drug-likeness (QED) is 0.569. The predicted octanol–water partition coefficient (Wildman–Crippen LogP) is 4.45. The Hall–Kier alpha value is -3.16. The first-order chi connectivity index (χ1) is 12.4. The lowest BCUT2D eigenvalue weighted by Gasteiger charge is -2.11. The number of fused-ring (bicyclic) bond motifs is 2. The molecule has 5 nitrogen and oxygen atoms in total. The lowest BCUT2D eigenvalue weighted by Crippen LogP contribution is -2.08. The van der Waals surface area contributed by atoms with E-state index >= 15 is 0 Å². The largest absolute Gasteiger partial charge is 0.417 e. The molecule has 0 aliphatic heterocycles. The van der Waals surface area contributed by atoms with Gasteiger partial charge in [-0.05, 0) is 30.7 Å². The Morgan fingerprint density at radius 2 is 1.96 bits per heavy atom. The second-order valence-electron chi connectivity index (χ2n) is 5.95. The molecule has 2 N–H and O–H groups in total. The van der Waals surface area contributed by atoms with Crippen LogP contribution in [0.5, 0.6) is 0 Å². The second-order valence-corrected chi connectivity index (χ2v) is 5.95. The van der Waals surface area contributed by atoms with Crippen molar-refractivity contribution in [2.45, 2.75) is 19.6 Å². The van der Waals surface area contributed by atoms with Crippen molar-refractivity contribution in [2.24, 2.45) is 0 Å². The highest BCUT2D eigenvalue weighted by Crippen LogP contribution is 2.37. The van der Waals surface area contributed by atoms with Gasteiger partial charge in [0, 0.05) is 23.8 Å². The number of rotatable bonds is 3. The third-order valence-corrected chi connectivity index (χ3v) is 4.15. The fourth-order valence-corrected chi connectivity index (χ4v) is 3.00. The standard InChI is InChI=1S/C18H14F3N5/c1-10-8-13(18(19,20)21)15-16(25-26-17(15)24-10)23-9-11-6-7-22-14-5-3-2-4-12(11)14/h2-8H,9H2,1H3,(H2,23,24,25,26). The van der Waals surface area contributed by atoms with Crippen LogP contribution < -0.4 is 5.32 Å². The number of aromatic nitrogens is 4. The minimum absolute atomic E-state index is 0.0542. The Balaban J connectivity index is 1.74. The van der Waals surface area contributed by atoms with Gasteiger partial charge in [0.15, 0.2) is 11.5 Å². The van der Waals surface area contributed by atoms with E-state index in [4.69, 9.17) is 0 Å². The van der Waals surface area contributed by atoms with Gasteiger partial charge < -0.3 is 5.32 Å². The minimum atomic E-state index is -4.49. The van der Waals surface area contributed by atoms with Gasteiger partial charge >= 0.3 is 6.18 Å². The summed E-state index contributed by atoms with van der Waals surface area (Å²) in [6.07, 6.45) is -2.82. The Labute approximate surface area is 146 Å². The van der Waals surface area contributed by atoms with Crippen molar-refractivity contribution in [2.75, 3.05) is 5.32 Å². The molecule has 3 aromatic heterocycles. The van der Waals surface area contributed by atoms with Crippen LogP contribution >= 0.6 is 0 Å². The highest BCUT2D eigenvalue weighted by molar-refractivity contribution is 5.91. The van der Waals surface area contributed by atoms with E-state index in [1.165, 1.54) is 6.92 Å². The number of alkyl halides is 3. The molecule has 132 valence electrons. The monoisotopic (exact) mass is 357 g/mol. The van der Waals surface area contributed by atoms with Crippen LogP contribution in [0.2, 0.25) is 0 Å². The van der Waals surface area contributed by atoms with Crippen LogP contribution in [0.15, 0.2) is 42.6 Å². The minimum Gasteiger partial charge on any atom is -0.364 e. The summed E-state index contributed by atoms with van der Waals surface area (Å²) in [6.45, 7) is 1.83. The van der Waals surface area contributed by atoms with Crippen LogP contribution in [-0.4, -0.2) is 20.2 Å². The summed E-state index contributed by atoms with van der Waals surface area (Å²) < 4.78 is 40.3. The topological polar surface area (TPSA) is 66.5 Å². The highest BCUT2D eigenvalue weighted by atomic mass is 19.4. The summed E-state index contributed by atoms with van der Waals surface area (Å²) in [6, 6.07) is 10.5. The molecule has 4 rings (SSSR count). The summed E-state index contributed by atoms with van der Waals surface area (Å²) in [5.41, 5.74) is 1.38. The van der Waals surface area contributed by atoms with Gasteiger partial charge in [-0.3, -0.25) is 10.1 Å². The van der Waals surface area contributed by atoms with E-state index in [1.54, 1.807) is 6.20 Å². The molecule has 0 aliphatic carbocycles. The zero-order chi connectivity index (χ0) is 18.3. The molecule has 0 saturated carbocycles. The molecule has 0 bridgehead atoms. The van der Waals surface area contributed by atoms with Gasteiger partial charge in [0.05, 0.1) is 16.5 Å². The number of anilines is 1. The number of nitrogens with one attached hydrogen (secondary N) is 2. The van der Waals surface area contributed by atoms with Gasteiger partial charge in [-0.15, -0.1) is 0 Å². The fraction of sp³-hybridized carbons (Fsp3) is 0.167. The first kappa shape index (κ1) is 16.3. The van der Waals surface area contributed by atoms with Gasteiger partial charge in [-0.1, -0.05) is 18.2 Å². The molecule has 0 saturated heterocycles. The highest BCUT2D eigenvalue weighted by Gasteiger charge is 2.35. The van der Waals surface area contributed by atoms with Crippen LogP contribution in [0.4, 0.5) is 19.0 Å². The van der Waals surface area contributed by atoms with Crippen LogP contribution in [0.1, 0.15) is 16.8 Å². The molecule has 26 heavy (non-hydrogen) atoms. The van der Waals surface area contributed by atoms with E-state index in [0.29, 0.717) is 6.54 Å². The molecule has 0 radical (unpaired) electrons. The summed E-state index contributed by atoms with van der Waals surface area (Å²) >= 11 is 0. The Bertz CT molecular complexity index is 1100. The SMILES string of the molecule is Cc1cc(C(F)(F)F)c2c(NCc3ccnc4ccccc34)n[nH]c2n1. The van der Waals surface area contributed by atoms with E-state index in [-0.39, 0.29) is 22.5 Å². The number of hydrogen-bond donors (Lipinski definition) is 2. The molecular weight excluding hydrogens is 343 g/mol. The lowest BCUT2D eigenvalue weighted by atomic mass is 10.1. The van der Waals surface area contributed by atoms with Crippen molar-refractivity contribution < 1.29 is 13.2 Å². The third kappa shape index (κ3) is 2.83. The number of aryl methyl sites for hydroxylation is 1. The fourth-order valence-electron chi connectivity index (χ4n) is 3.00. The number of hydrogen-bond acceptors (Lipinski definition) is 4. The number of halogens is 3. The van der Waals surface area contributed by atoms with Crippen molar-refractivity contribution >= 4 is 27.8 Å². The smallest absolute Gasteiger partial charge is 0.364 e. The molecule has 8 heteroatoms. The number of aromatic amines is 1. The van der Waals surface area contributed by atoms with Crippen molar-refractivity contribution in [3.8, 4) is 0 Å². The summed E-state index contributed by atoms with van der Waals surface area (Å²) in [4.78, 5) is 8.39. The average Bonchev–Trinajstić information content (AvgIpc) is 3.01. The van der Waals surface area contributed by atoms with Gasteiger partial charge in [0.1, 0.15) is 0 Å². The molecule has 0 unspecified atom stereocenters. The van der Waals surface area contributed by atoms with E-state index in [0.717, 1.165) is 22.5 Å². The molecule has 3 heterocycles. The zero-order valence-corrected chi connectivity index (χ0v) is 13.7. The molecule has 0 aliphatic rings. The first-order valence-electron chi connectivity index (χ1n) is 7.93. The lowest BCUT2D eigenvalue weighted by molar-refractivity contribution is -0.136. The second kappa shape index (κ2) is 5.98. The number of nitrogens with zero attached hydrogens (tertiary/aromatic N) is 3. The van der Waals surface area contributed by atoms with E-state index in [2.05, 4.69) is 25.5 Å². The molecule has 0 spiro atoms. The van der Waals surface area contributed by atoms with Gasteiger partial charge in [-0.2, -0.15) is 18.3 Å². The predicted molar refractivity (Wildman–Crippen MR) is 92.7 cm³/mol. The van der Waals surface area contributed by atoms with Crippen molar-refractivity contribution in [1.29, 1.82) is 0 Å². The Kier molecular flexibility index (Phi) is 3.75. The van der Waals surface area contributed by atoms with Crippen LogP contribution in [-0.2, 0) is 12.7 Å². The molecule has 0 fully saturated rings. The van der Waals surface area contributed by atoms with E-state index in [1.807, 2.05) is 30.3 Å². The average molecular weight is 357 g/mol. The van der Waals surface area contributed by atoms with Gasteiger partial charge in [0.2, 0.25) is 0 Å². The van der Waals surface area contributed by atoms with Crippen molar-refractivity contribution in [1.82, 2.24) is 20.2 Å². The van der Waals surface area contributed by atoms with Crippen LogP contribution in [0.3, 0.4) is 0 Å². The van der Waals surface area contributed by atoms with Crippen molar-refractivity contribution in [3.63, 3.8) is 0 Å². The summed E-state index contributed by atoms with van der Waals surface area (Å²) in [5, 5.41) is 10.5.